The molecule has 0 fully saturated rings. The highest BCUT2D eigenvalue weighted by Gasteiger charge is 2.03. The Balaban J connectivity index is 2.66. The molecule has 96 valence electrons. The van der Waals surface area contributed by atoms with Crippen LogP contribution in [-0.2, 0) is 16.4 Å². The summed E-state index contributed by atoms with van der Waals surface area (Å²) in [6.07, 6.45) is 1.73. The van der Waals surface area contributed by atoms with Gasteiger partial charge in [0.15, 0.2) is 0 Å². The first-order chi connectivity index (χ1) is 7.92. The monoisotopic (exact) mass is 257 g/mol. The van der Waals surface area contributed by atoms with Crippen molar-refractivity contribution in [2.75, 3.05) is 30.4 Å². The van der Waals surface area contributed by atoms with Crippen LogP contribution in [0.25, 0.3) is 0 Å². The van der Waals surface area contributed by atoms with E-state index in [4.69, 9.17) is 5.73 Å². The number of benzene rings is 1. The number of nitrogens with two attached hydrogens (primary N) is 1. The second-order valence-electron chi connectivity index (χ2n) is 3.86. The van der Waals surface area contributed by atoms with Gasteiger partial charge in [0.1, 0.15) is 0 Å². The molecule has 0 heterocycles. The highest BCUT2D eigenvalue weighted by atomic mass is 32.2. The van der Waals surface area contributed by atoms with Gasteiger partial charge in [-0.15, -0.1) is 0 Å². The lowest BCUT2D eigenvalue weighted by molar-refractivity contribution is 0.588. The molecule has 0 radical (unpaired) electrons. The Morgan fingerprint density at radius 2 is 2.06 bits per heavy atom. The molecule has 0 saturated heterocycles. The summed E-state index contributed by atoms with van der Waals surface area (Å²) in [6, 6.07) is 5.68. The van der Waals surface area contributed by atoms with Crippen LogP contribution in [0.3, 0.4) is 0 Å². The Labute approximate surface area is 102 Å². The van der Waals surface area contributed by atoms with Gasteiger partial charge in [0.2, 0.25) is 10.0 Å². The normalized spacial score (nSPS) is 11.4. The largest absolute Gasteiger partial charge is 0.399 e. The SMILES string of the molecule is CCNc1ccc(N)c(CCNS(C)(=O)=O)c1. The first kappa shape index (κ1) is 13.8. The van der Waals surface area contributed by atoms with Gasteiger partial charge >= 0.3 is 0 Å². The maximum absolute atomic E-state index is 10.9. The minimum Gasteiger partial charge on any atom is -0.399 e. The molecule has 5 nitrogen and oxygen atoms in total. The van der Waals surface area contributed by atoms with Crippen molar-refractivity contribution in [2.24, 2.45) is 0 Å². The topological polar surface area (TPSA) is 84.2 Å². The third-order valence-corrected chi connectivity index (χ3v) is 3.01. The first-order valence-corrected chi connectivity index (χ1v) is 7.38. The van der Waals surface area contributed by atoms with E-state index in [0.29, 0.717) is 18.7 Å². The van der Waals surface area contributed by atoms with E-state index in [-0.39, 0.29) is 0 Å². The maximum atomic E-state index is 10.9. The molecule has 0 saturated carbocycles. The number of rotatable bonds is 6. The summed E-state index contributed by atoms with van der Waals surface area (Å²) in [4.78, 5) is 0. The molecule has 0 unspecified atom stereocenters. The van der Waals surface area contributed by atoms with Crippen LogP contribution in [-0.4, -0.2) is 27.8 Å². The first-order valence-electron chi connectivity index (χ1n) is 5.49. The number of sulfonamides is 1. The van der Waals surface area contributed by atoms with E-state index < -0.39 is 10.0 Å². The minimum absolute atomic E-state index is 0.360. The van der Waals surface area contributed by atoms with Crippen LogP contribution in [0, 0.1) is 0 Å². The van der Waals surface area contributed by atoms with E-state index in [2.05, 4.69) is 10.0 Å². The molecule has 17 heavy (non-hydrogen) atoms. The summed E-state index contributed by atoms with van der Waals surface area (Å²) in [7, 11) is -3.13. The van der Waals surface area contributed by atoms with Gasteiger partial charge < -0.3 is 11.1 Å². The van der Waals surface area contributed by atoms with Gasteiger partial charge in [-0.2, -0.15) is 0 Å². The fourth-order valence-corrected chi connectivity index (χ4v) is 1.98. The molecule has 1 aromatic carbocycles. The molecule has 0 aromatic heterocycles. The maximum Gasteiger partial charge on any atom is 0.208 e. The van der Waals surface area contributed by atoms with Crippen molar-refractivity contribution < 1.29 is 8.42 Å². The van der Waals surface area contributed by atoms with Gasteiger partial charge in [-0.3, -0.25) is 0 Å². The molecular formula is C11H19N3O2S. The van der Waals surface area contributed by atoms with Crippen molar-refractivity contribution in [3.05, 3.63) is 23.8 Å². The predicted octanol–water partition coefficient (Wildman–Crippen LogP) is 0.792. The molecule has 0 bridgehead atoms. The van der Waals surface area contributed by atoms with Crippen LogP contribution in [0.1, 0.15) is 12.5 Å². The van der Waals surface area contributed by atoms with Crippen molar-refractivity contribution in [3.8, 4) is 0 Å². The van der Waals surface area contributed by atoms with Gasteiger partial charge in [0, 0.05) is 24.5 Å². The second-order valence-corrected chi connectivity index (χ2v) is 5.69. The molecule has 0 aliphatic carbocycles. The number of nitrogens with one attached hydrogen (secondary N) is 2. The van der Waals surface area contributed by atoms with E-state index in [9.17, 15) is 8.42 Å². The summed E-state index contributed by atoms with van der Waals surface area (Å²) >= 11 is 0. The van der Waals surface area contributed by atoms with E-state index in [1.807, 2.05) is 25.1 Å². The van der Waals surface area contributed by atoms with Crippen LogP contribution < -0.4 is 15.8 Å². The molecule has 6 heteroatoms. The van der Waals surface area contributed by atoms with Crippen molar-refractivity contribution in [2.45, 2.75) is 13.3 Å². The van der Waals surface area contributed by atoms with Crippen LogP contribution in [0.2, 0.25) is 0 Å². The highest BCUT2D eigenvalue weighted by molar-refractivity contribution is 7.88. The van der Waals surface area contributed by atoms with Crippen molar-refractivity contribution in [1.29, 1.82) is 0 Å². The third-order valence-electron chi connectivity index (χ3n) is 2.28. The predicted molar refractivity (Wildman–Crippen MR) is 71.6 cm³/mol. The molecule has 0 spiro atoms. The molecule has 0 amide bonds. The number of anilines is 2. The lowest BCUT2D eigenvalue weighted by Crippen LogP contribution is -2.24. The molecule has 0 aliphatic heterocycles. The molecule has 0 aliphatic rings. The van der Waals surface area contributed by atoms with Gasteiger partial charge in [-0.1, -0.05) is 0 Å². The van der Waals surface area contributed by atoms with Crippen molar-refractivity contribution in [3.63, 3.8) is 0 Å². The van der Waals surface area contributed by atoms with Gasteiger partial charge in [-0.25, -0.2) is 13.1 Å². The Bertz CT molecular complexity index is 472. The molecule has 1 rings (SSSR count). The van der Waals surface area contributed by atoms with Gasteiger partial charge in [0.25, 0.3) is 0 Å². The minimum atomic E-state index is -3.13. The number of hydrogen-bond acceptors (Lipinski definition) is 4. The standard InChI is InChI=1S/C11H19N3O2S/c1-3-13-10-4-5-11(12)9(8-10)6-7-14-17(2,15)16/h4-5,8,13-14H,3,6-7,12H2,1-2H3. The smallest absolute Gasteiger partial charge is 0.208 e. The number of nitrogen functional groups attached to an aromatic ring is 1. The Morgan fingerprint density at radius 3 is 2.65 bits per heavy atom. The zero-order chi connectivity index (χ0) is 12.9. The molecular weight excluding hydrogens is 238 g/mol. The van der Waals surface area contributed by atoms with E-state index in [1.54, 1.807) is 0 Å². The van der Waals surface area contributed by atoms with Gasteiger partial charge in [-0.05, 0) is 37.1 Å². The summed E-state index contributed by atoms with van der Waals surface area (Å²) in [5, 5.41) is 3.19. The van der Waals surface area contributed by atoms with Crippen LogP contribution in [0.5, 0.6) is 0 Å². The Kier molecular flexibility index (Phi) is 4.77. The average molecular weight is 257 g/mol. The Hall–Kier alpha value is -1.27. The summed E-state index contributed by atoms with van der Waals surface area (Å²) < 4.78 is 24.3. The average Bonchev–Trinajstić information content (AvgIpc) is 2.21. The van der Waals surface area contributed by atoms with E-state index in [0.717, 1.165) is 24.1 Å². The fraction of sp³-hybridized carbons (Fsp3) is 0.455. The second kappa shape index (κ2) is 5.88. The fourth-order valence-electron chi connectivity index (χ4n) is 1.51. The third kappa shape index (κ3) is 5.06. The summed E-state index contributed by atoms with van der Waals surface area (Å²) in [5.41, 5.74) is 8.45. The zero-order valence-corrected chi connectivity index (χ0v) is 11.0. The Morgan fingerprint density at radius 1 is 1.35 bits per heavy atom. The van der Waals surface area contributed by atoms with Crippen LogP contribution in [0.4, 0.5) is 11.4 Å². The summed E-state index contributed by atoms with van der Waals surface area (Å²) in [5.74, 6) is 0. The van der Waals surface area contributed by atoms with Crippen LogP contribution in [0.15, 0.2) is 18.2 Å². The molecule has 0 atom stereocenters. The van der Waals surface area contributed by atoms with E-state index in [1.165, 1.54) is 0 Å². The molecule has 4 N–H and O–H groups in total. The van der Waals surface area contributed by atoms with Gasteiger partial charge in [0.05, 0.1) is 6.26 Å². The van der Waals surface area contributed by atoms with Crippen molar-refractivity contribution >= 4 is 21.4 Å². The highest BCUT2D eigenvalue weighted by Crippen LogP contribution is 2.18. The lowest BCUT2D eigenvalue weighted by Gasteiger charge is -2.09. The van der Waals surface area contributed by atoms with E-state index >= 15 is 0 Å². The van der Waals surface area contributed by atoms with Crippen molar-refractivity contribution in [1.82, 2.24) is 4.72 Å². The quantitative estimate of drug-likeness (QED) is 0.658. The van der Waals surface area contributed by atoms with Crippen LogP contribution >= 0.6 is 0 Å². The number of hydrogen-bond donors (Lipinski definition) is 3. The molecule has 1 aromatic rings. The lowest BCUT2D eigenvalue weighted by atomic mass is 10.1. The summed E-state index contributed by atoms with van der Waals surface area (Å²) in [6.45, 7) is 3.21. The zero-order valence-electron chi connectivity index (χ0n) is 10.2.